The lowest BCUT2D eigenvalue weighted by molar-refractivity contribution is 0.0937. The van der Waals surface area contributed by atoms with Gasteiger partial charge < -0.3 is 10.6 Å². The quantitative estimate of drug-likeness (QED) is 0.404. The third kappa shape index (κ3) is 5.08. The molecule has 0 aliphatic carbocycles. The van der Waals surface area contributed by atoms with E-state index in [2.05, 4.69) is 10.6 Å². The van der Waals surface area contributed by atoms with Crippen LogP contribution in [0.15, 0.2) is 102 Å². The molecule has 4 rings (SSSR count). The Balaban J connectivity index is 1.51. The van der Waals surface area contributed by atoms with Gasteiger partial charge in [0.25, 0.3) is 17.4 Å². The summed E-state index contributed by atoms with van der Waals surface area (Å²) in [7, 11) is 0. The Bertz CT molecular complexity index is 1380. The van der Waals surface area contributed by atoms with E-state index in [1.165, 1.54) is 10.6 Å². The Morgan fingerprint density at radius 3 is 2.15 bits per heavy atom. The van der Waals surface area contributed by atoms with E-state index in [9.17, 15) is 14.4 Å². The van der Waals surface area contributed by atoms with Gasteiger partial charge in [-0.3, -0.25) is 19.0 Å². The standard InChI is InChI=1S/C27H22ClN3O3/c1-18(19-8-3-2-4-9-19)29-26(33)23-11-7-17-31(27(23)34)21-15-13-20(14-16-21)30-25(32)22-10-5-6-12-24(22)28/h2-18H,1H3,(H,29,33)(H,30,32)/t18-/m0/s1. The fourth-order valence-corrected chi connectivity index (χ4v) is 3.74. The molecule has 0 radical (unpaired) electrons. The summed E-state index contributed by atoms with van der Waals surface area (Å²) < 4.78 is 1.39. The number of carbonyl (C=O) groups excluding carboxylic acids is 2. The van der Waals surface area contributed by atoms with Crippen LogP contribution in [0.4, 0.5) is 5.69 Å². The van der Waals surface area contributed by atoms with Crippen LogP contribution in [0, 0.1) is 0 Å². The summed E-state index contributed by atoms with van der Waals surface area (Å²) in [5, 5.41) is 6.02. The van der Waals surface area contributed by atoms with Crippen LogP contribution < -0.4 is 16.2 Å². The van der Waals surface area contributed by atoms with E-state index in [-0.39, 0.29) is 17.5 Å². The van der Waals surface area contributed by atoms with Gasteiger partial charge in [-0.1, -0.05) is 54.1 Å². The molecule has 1 heterocycles. The summed E-state index contributed by atoms with van der Waals surface area (Å²) in [6, 6.07) is 26.0. The van der Waals surface area contributed by atoms with Gasteiger partial charge in [-0.15, -0.1) is 0 Å². The van der Waals surface area contributed by atoms with E-state index < -0.39 is 11.5 Å². The van der Waals surface area contributed by atoms with Crippen LogP contribution >= 0.6 is 11.6 Å². The highest BCUT2D eigenvalue weighted by molar-refractivity contribution is 6.34. The number of hydrogen-bond donors (Lipinski definition) is 2. The molecule has 0 saturated heterocycles. The third-order valence-electron chi connectivity index (χ3n) is 5.36. The molecule has 4 aromatic rings. The van der Waals surface area contributed by atoms with Gasteiger partial charge in [-0.25, -0.2) is 0 Å². The number of anilines is 1. The Morgan fingerprint density at radius 1 is 0.794 bits per heavy atom. The zero-order chi connectivity index (χ0) is 24.1. The molecule has 1 atom stereocenters. The van der Waals surface area contributed by atoms with Gasteiger partial charge in [-0.2, -0.15) is 0 Å². The topological polar surface area (TPSA) is 80.2 Å². The minimum Gasteiger partial charge on any atom is -0.345 e. The second-order valence-electron chi connectivity index (χ2n) is 7.68. The Labute approximate surface area is 201 Å². The first-order valence-corrected chi connectivity index (χ1v) is 11.1. The summed E-state index contributed by atoms with van der Waals surface area (Å²) >= 11 is 6.08. The average Bonchev–Trinajstić information content (AvgIpc) is 2.85. The summed E-state index contributed by atoms with van der Waals surface area (Å²) in [5.41, 5.74) is 2.03. The highest BCUT2D eigenvalue weighted by Crippen LogP contribution is 2.18. The minimum absolute atomic E-state index is 0.0429. The number of halogens is 1. The van der Waals surface area contributed by atoms with Crippen molar-refractivity contribution in [3.05, 3.63) is 129 Å². The van der Waals surface area contributed by atoms with Crippen LogP contribution in [-0.2, 0) is 0 Å². The summed E-state index contributed by atoms with van der Waals surface area (Å²) in [4.78, 5) is 38.3. The molecule has 0 fully saturated rings. The summed E-state index contributed by atoms with van der Waals surface area (Å²) in [6.07, 6.45) is 1.59. The highest BCUT2D eigenvalue weighted by atomic mass is 35.5. The Morgan fingerprint density at radius 2 is 1.44 bits per heavy atom. The van der Waals surface area contributed by atoms with Gasteiger partial charge >= 0.3 is 0 Å². The molecule has 170 valence electrons. The number of hydrogen-bond acceptors (Lipinski definition) is 3. The fourth-order valence-electron chi connectivity index (χ4n) is 3.52. The maximum atomic E-state index is 13.0. The third-order valence-corrected chi connectivity index (χ3v) is 5.69. The predicted octanol–water partition coefficient (Wildman–Crippen LogP) is 5.23. The molecule has 0 saturated carbocycles. The number of aromatic nitrogens is 1. The zero-order valence-corrected chi connectivity index (χ0v) is 19.1. The number of nitrogens with zero attached hydrogens (tertiary/aromatic N) is 1. The van der Waals surface area contributed by atoms with Gasteiger partial charge in [0.2, 0.25) is 0 Å². The fraction of sp³-hybridized carbons (Fsp3) is 0.0741. The van der Waals surface area contributed by atoms with Gasteiger partial charge in [0.15, 0.2) is 0 Å². The summed E-state index contributed by atoms with van der Waals surface area (Å²) in [5.74, 6) is -0.777. The molecule has 2 amide bonds. The number of benzene rings is 3. The monoisotopic (exact) mass is 471 g/mol. The normalized spacial score (nSPS) is 11.5. The minimum atomic E-state index is -0.445. The van der Waals surface area contributed by atoms with E-state index in [0.29, 0.717) is 22.0 Å². The van der Waals surface area contributed by atoms with Crippen LogP contribution in [0.25, 0.3) is 5.69 Å². The van der Waals surface area contributed by atoms with Crippen molar-refractivity contribution in [1.29, 1.82) is 0 Å². The Kier molecular flexibility index (Phi) is 6.90. The van der Waals surface area contributed by atoms with Crippen LogP contribution in [0.5, 0.6) is 0 Å². The largest absolute Gasteiger partial charge is 0.345 e. The molecule has 1 aromatic heterocycles. The summed E-state index contributed by atoms with van der Waals surface area (Å²) in [6.45, 7) is 1.87. The second-order valence-corrected chi connectivity index (χ2v) is 8.09. The van der Waals surface area contributed by atoms with Crippen LogP contribution in [-0.4, -0.2) is 16.4 Å². The van der Waals surface area contributed by atoms with Crippen LogP contribution in [0.1, 0.15) is 39.2 Å². The van der Waals surface area contributed by atoms with Crippen molar-refractivity contribution in [3.8, 4) is 5.69 Å². The van der Waals surface area contributed by atoms with Crippen molar-refractivity contribution in [2.75, 3.05) is 5.32 Å². The molecule has 0 spiro atoms. The van der Waals surface area contributed by atoms with E-state index in [1.807, 2.05) is 37.3 Å². The van der Waals surface area contributed by atoms with Crippen LogP contribution in [0.3, 0.4) is 0 Å². The van der Waals surface area contributed by atoms with Crippen molar-refractivity contribution < 1.29 is 9.59 Å². The molecular formula is C27H22ClN3O3. The smallest absolute Gasteiger partial charge is 0.267 e. The molecule has 0 aliphatic heterocycles. The van der Waals surface area contributed by atoms with Crippen molar-refractivity contribution in [3.63, 3.8) is 0 Å². The average molecular weight is 472 g/mol. The number of pyridine rings is 1. The molecule has 0 bridgehead atoms. The van der Waals surface area contributed by atoms with Gasteiger partial charge in [0.1, 0.15) is 5.56 Å². The molecule has 7 heteroatoms. The maximum absolute atomic E-state index is 13.0. The second kappa shape index (κ2) is 10.2. The van der Waals surface area contributed by atoms with Crippen molar-refractivity contribution >= 4 is 29.1 Å². The number of rotatable bonds is 6. The Hall–Kier alpha value is -4.16. The van der Waals surface area contributed by atoms with Crippen molar-refractivity contribution in [2.24, 2.45) is 0 Å². The first-order chi connectivity index (χ1) is 16.4. The molecule has 34 heavy (non-hydrogen) atoms. The van der Waals surface area contributed by atoms with E-state index in [1.54, 1.807) is 60.8 Å². The highest BCUT2D eigenvalue weighted by Gasteiger charge is 2.16. The van der Waals surface area contributed by atoms with Crippen LogP contribution in [0.2, 0.25) is 5.02 Å². The zero-order valence-electron chi connectivity index (χ0n) is 18.4. The van der Waals surface area contributed by atoms with Gasteiger partial charge in [0.05, 0.1) is 16.6 Å². The molecule has 2 N–H and O–H groups in total. The molecule has 6 nitrogen and oxygen atoms in total. The first kappa shape index (κ1) is 23.0. The van der Waals surface area contributed by atoms with E-state index in [4.69, 9.17) is 11.6 Å². The van der Waals surface area contributed by atoms with Gasteiger partial charge in [0, 0.05) is 17.6 Å². The molecular weight excluding hydrogens is 450 g/mol. The van der Waals surface area contributed by atoms with Crippen molar-refractivity contribution in [2.45, 2.75) is 13.0 Å². The number of amides is 2. The maximum Gasteiger partial charge on any atom is 0.267 e. The lowest BCUT2D eigenvalue weighted by Crippen LogP contribution is -2.33. The van der Waals surface area contributed by atoms with Crippen molar-refractivity contribution in [1.82, 2.24) is 9.88 Å². The van der Waals surface area contributed by atoms with E-state index >= 15 is 0 Å². The number of nitrogens with one attached hydrogen (secondary N) is 2. The first-order valence-electron chi connectivity index (χ1n) is 10.7. The molecule has 0 aliphatic rings. The molecule has 0 unspecified atom stereocenters. The predicted molar refractivity (Wildman–Crippen MR) is 134 cm³/mol. The SMILES string of the molecule is C[C@H](NC(=O)c1cccn(-c2ccc(NC(=O)c3ccccc3Cl)cc2)c1=O)c1ccccc1. The lowest BCUT2D eigenvalue weighted by atomic mass is 10.1. The lowest BCUT2D eigenvalue weighted by Gasteiger charge is -2.15. The van der Waals surface area contributed by atoms with Gasteiger partial charge in [-0.05, 0) is 61.0 Å². The van der Waals surface area contributed by atoms with E-state index in [0.717, 1.165) is 5.56 Å². The molecule has 3 aromatic carbocycles. The number of carbonyl (C=O) groups is 2.